The molecule has 0 bridgehead atoms. The van der Waals surface area contributed by atoms with Crippen LogP contribution in [-0.2, 0) is 16.4 Å². The zero-order chi connectivity index (χ0) is 13.6. The molecule has 1 aromatic carbocycles. The summed E-state index contributed by atoms with van der Waals surface area (Å²) in [4.78, 5) is 0.360. The van der Waals surface area contributed by atoms with Gasteiger partial charge in [0.15, 0.2) is 0 Å². The number of hydrogen-bond acceptors (Lipinski definition) is 3. The Morgan fingerprint density at radius 1 is 1.17 bits per heavy atom. The van der Waals surface area contributed by atoms with Crippen molar-refractivity contribution in [1.29, 1.82) is 0 Å². The van der Waals surface area contributed by atoms with Gasteiger partial charge in [0, 0.05) is 13.1 Å². The van der Waals surface area contributed by atoms with Gasteiger partial charge in [-0.15, -0.1) is 0 Å². The van der Waals surface area contributed by atoms with Crippen LogP contribution in [0.5, 0.6) is 0 Å². The van der Waals surface area contributed by atoms with Crippen LogP contribution in [0, 0.1) is 0 Å². The van der Waals surface area contributed by atoms with Crippen LogP contribution < -0.4 is 5.73 Å². The summed E-state index contributed by atoms with van der Waals surface area (Å²) in [6, 6.07) is 7.00. The molecule has 0 aliphatic heterocycles. The monoisotopic (exact) mass is 270 g/mol. The van der Waals surface area contributed by atoms with Crippen molar-refractivity contribution in [1.82, 2.24) is 4.31 Å². The van der Waals surface area contributed by atoms with E-state index in [1.165, 1.54) is 4.31 Å². The van der Waals surface area contributed by atoms with Gasteiger partial charge in [0.2, 0.25) is 10.0 Å². The van der Waals surface area contributed by atoms with E-state index in [0.29, 0.717) is 24.5 Å². The summed E-state index contributed by atoms with van der Waals surface area (Å²) in [5.41, 5.74) is 6.53. The molecule has 0 aromatic heterocycles. The molecule has 0 radical (unpaired) electrons. The highest BCUT2D eigenvalue weighted by Crippen LogP contribution is 2.16. The summed E-state index contributed by atoms with van der Waals surface area (Å²) in [5.74, 6) is 0. The minimum Gasteiger partial charge on any atom is -0.330 e. The first kappa shape index (κ1) is 15.1. The summed E-state index contributed by atoms with van der Waals surface area (Å²) >= 11 is 0. The SMILES string of the molecule is CCCN(CC)S(=O)(=O)c1ccc(CCN)cc1. The van der Waals surface area contributed by atoms with Crippen LogP contribution in [0.1, 0.15) is 25.8 Å². The van der Waals surface area contributed by atoms with Crippen LogP contribution >= 0.6 is 0 Å². The van der Waals surface area contributed by atoms with E-state index in [2.05, 4.69) is 0 Å². The second kappa shape index (κ2) is 6.87. The smallest absolute Gasteiger partial charge is 0.243 e. The van der Waals surface area contributed by atoms with Crippen molar-refractivity contribution in [2.75, 3.05) is 19.6 Å². The second-order valence-corrected chi connectivity index (χ2v) is 6.12. The van der Waals surface area contributed by atoms with Crippen molar-refractivity contribution in [3.05, 3.63) is 29.8 Å². The van der Waals surface area contributed by atoms with E-state index < -0.39 is 10.0 Å². The summed E-state index contributed by atoms with van der Waals surface area (Å²) < 4.78 is 26.2. The Hall–Kier alpha value is -0.910. The van der Waals surface area contributed by atoms with Crippen LogP contribution in [-0.4, -0.2) is 32.4 Å². The topological polar surface area (TPSA) is 63.4 Å². The van der Waals surface area contributed by atoms with Gasteiger partial charge in [0.25, 0.3) is 0 Å². The molecular weight excluding hydrogens is 248 g/mol. The molecule has 2 N–H and O–H groups in total. The molecule has 0 saturated heterocycles. The third-order valence-electron chi connectivity index (χ3n) is 2.82. The zero-order valence-corrected chi connectivity index (χ0v) is 11.9. The van der Waals surface area contributed by atoms with Crippen LogP contribution in [0.2, 0.25) is 0 Å². The molecule has 18 heavy (non-hydrogen) atoms. The first-order valence-electron chi connectivity index (χ1n) is 6.35. The second-order valence-electron chi connectivity index (χ2n) is 4.18. The lowest BCUT2D eigenvalue weighted by atomic mass is 10.2. The van der Waals surface area contributed by atoms with Crippen LogP contribution in [0.25, 0.3) is 0 Å². The van der Waals surface area contributed by atoms with Gasteiger partial charge in [0.05, 0.1) is 4.90 Å². The lowest BCUT2D eigenvalue weighted by Gasteiger charge is -2.19. The van der Waals surface area contributed by atoms with E-state index in [0.717, 1.165) is 18.4 Å². The maximum absolute atomic E-state index is 12.3. The number of sulfonamides is 1. The van der Waals surface area contributed by atoms with Gasteiger partial charge >= 0.3 is 0 Å². The van der Waals surface area contributed by atoms with Gasteiger partial charge in [0.1, 0.15) is 0 Å². The maximum Gasteiger partial charge on any atom is 0.243 e. The first-order valence-corrected chi connectivity index (χ1v) is 7.79. The lowest BCUT2D eigenvalue weighted by molar-refractivity contribution is 0.427. The van der Waals surface area contributed by atoms with Gasteiger partial charge < -0.3 is 5.73 Å². The fourth-order valence-electron chi connectivity index (χ4n) is 1.84. The Kier molecular flexibility index (Phi) is 5.78. The number of nitrogens with two attached hydrogens (primary N) is 1. The van der Waals surface area contributed by atoms with E-state index in [4.69, 9.17) is 5.73 Å². The van der Waals surface area contributed by atoms with Crippen LogP contribution in [0.4, 0.5) is 0 Å². The van der Waals surface area contributed by atoms with Crippen molar-refractivity contribution < 1.29 is 8.42 Å². The molecule has 1 aromatic rings. The Balaban J connectivity index is 2.97. The minimum atomic E-state index is -3.34. The Bertz CT molecular complexity index is 454. The average molecular weight is 270 g/mol. The predicted octanol–water partition coefficient (Wildman–Crippen LogP) is 1.61. The fraction of sp³-hybridized carbons (Fsp3) is 0.538. The van der Waals surface area contributed by atoms with E-state index in [1.807, 2.05) is 26.0 Å². The number of rotatable bonds is 7. The van der Waals surface area contributed by atoms with Crippen LogP contribution in [0.3, 0.4) is 0 Å². The summed E-state index contributed by atoms with van der Waals surface area (Å²) in [5, 5.41) is 0. The lowest BCUT2D eigenvalue weighted by Crippen LogP contribution is -2.31. The molecule has 0 spiro atoms. The largest absolute Gasteiger partial charge is 0.330 e. The van der Waals surface area contributed by atoms with Gasteiger partial charge in [-0.1, -0.05) is 26.0 Å². The molecule has 0 aliphatic carbocycles. The molecule has 0 aliphatic rings. The first-order chi connectivity index (χ1) is 8.56. The van der Waals surface area contributed by atoms with Crippen molar-refractivity contribution >= 4 is 10.0 Å². The minimum absolute atomic E-state index is 0.360. The van der Waals surface area contributed by atoms with Crippen molar-refractivity contribution in [3.8, 4) is 0 Å². The quantitative estimate of drug-likeness (QED) is 0.818. The van der Waals surface area contributed by atoms with E-state index in [-0.39, 0.29) is 0 Å². The zero-order valence-electron chi connectivity index (χ0n) is 11.1. The molecule has 0 heterocycles. The highest BCUT2D eigenvalue weighted by molar-refractivity contribution is 7.89. The molecule has 0 fully saturated rings. The molecular formula is C13H22N2O2S. The molecule has 5 heteroatoms. The van der Waals surface area contributed by atoms with E-state index in [9.17, 15) is 8.42 Å². The normalized spacial score (nSPS) is 12.0. The van der Waals surface area contributed by atoms with Crippen molar-refractivity contribution in [2.24, 2.45) is 5.73 Å². The molecule has 0 saturated carbocycles. The number of hydrogen-bond donors (Lipinski definition) is 1. The molecule has 0 atom stereocenters. The van der Waals surface area contributed by atoms with Gasteiger partial charge in [-0.3, -0.25) is 0 Å². The highest BCUT2D eigenvalue weighted by Gasteiger charge is 2.21. The van der Waals surface area contributed by atoms with Gasteiger partial charge in [-0.05, 0) is 37.1 Å². The highest BCUT2D eigenvalue weighted by atomic mass is 32.2. The Labute approximate surface area is 110 Å². The fourth-order valence-corrected chi connectivity index (χ4v) is 3.38. The molecule has 102 valence electrons. The third-order valence-corrected chi connectivity index (χ3v) is 4.81. The Morgan fingerprint density at radius 3 is 2.22 bits per heavy atom. The summed E-state index contributed by atoms with van der Waals surface area (Å²) in [6.45, 7) is 5.46. The molecule has 0 unspecified atom stereocenters. The maximum atomic E-state index is 12.3. The average Bonchev–Trinajstić information content (AvgIpc) is 2.36. The Morgan fingerprint density at radius 2 is 1.78 bits per heavy atom. The predicted molar refractivity (Wildman–Crippen MR) is 73.9 cm³/mol. The van der Waals surface area contributed by atoms with Gasteiger partial charge in [-0.25, -0.2) is 8.42 Å². The summed E-state index contributed by atoms with van der Waals surface area (Å²) in [7, 11) is -3.34. The van der Waals surface area contributed by atoms with Crippen molar-refractivity contribution in [2.45, 2.75) is 31.6 Å². The summed E-state index contributed by atoms with van der Waals surface area (Å²) in [6.07, 6.45) is 1.59. The number of benzene rings is 1. The van der Waals surface area contributed by atoms with Gasteiger partial charge in [-0.2, -0.15) is 4.31 Å². The van der Waals surface area contributed by atoms with Crippen LogP contribution in [0.15, 0.2) is 29.2 Å². The van der Waals surface area contributed by atoms with E-state index >= 15 is 0 Å². The standard InChI is InChI=1S/C13H22N2O2S/c1-3-11-15(4-2)18(16,17)13-7-5-12(6-8-13)9-10-14/h5-8H,3-4,9-11,14H2,1-2H3. The van der Waals surface area contributed by atoms with Crippen molar-refractivity contribution in [3.63, 3.8) is 0 Å². The molecule has 1 rings (SSSR count). The molecule has 0 amide bonds. The van der Waals surface area contributed by atoms with E-state index in [1.54, 1.807) is 12.1 Å². The number of nitrogens with zero attached hydrogens (tertiary/aromatic N) is 1. The third kappa shape index (κ3) is 3.54. The molecule has 4 nitrogen and oxygen atoms in total.